The molecular weight excluding hydrogens is 404 g/mol. The number of nitrogens with one attached hydrogen (secondary N) is 1. The molecule has 31 heavy (non-hydrogen) atoms. The number of esters is 1. The zero-order valence-electron chi connectivity index (χ0n) is 18.2. The lowest BCUT2D eigenvalue weighted by atomic mass is 10.0. The molecule has 0 bridgehead atoms. The van der Waals surface area contributed by atoms with Gasteiger partial charge in [-0.3, -0.25) is 19.7 Å². The van der Waals surface area contributed by atoms with Crippen LogP contribution in [0.3, 0.4) is 0 Å². The van der Waals surface area contributed by atoms with Crippen molar-refractivity contribution in [1.82, 2.24) is 10.2 Å². The Morgan fingerprint density at radius 1 is 1.23 bits per heavy atom. The summed E-state index contributed by atoms with van der Waals surface area (Å²) in [7, 11) is 0. The van der Waals surface area contributed by atoms with Crippen LogP contribution in [0.1, 0.15) is 56.5 Å². The third-order valence-electron chi connectivity index (χ3n) is 4.99. The minimum absolute atomic E-state index is 0.162. The molecule has 3 rings (SSSR count). The van der Waals surface area contributed by atoms with Crippen molar-refractivity contribution in [2.45, 2.75) is 64.8 Å². The van der Waals surface area contributed by atoms with Crippen LogP contribution in [-0.2, 0) is 30.4 Å². The monoisotopic (exact) mass is 432 g/mol. The number of hydrogen-bond acceptors (Lipinski definition) is 7. The molecule has 0 radical (unpaired) electrons. The van der Waals surface area contributed by atoms with Crippen LogP contribution in [0.15, 0.2) is 18.2 Å². The van der Waals surface area contributed by atoms with E-state index < -0.39 is 29.6 Å². The van der Waals surface area contributed by atoms with Gasteiger partial charge in [0.2, 0.25) is 11.8 Å². The van der Waals surface area contributed by atoms with Crippen LogP contribution >= 0.6 is 0 Å². The number of carbonyl (C=O) groups excluding carboxylic acids is 4. The molecule has 0 aromatic heterocycles. The average molecular weight is 432 g/mol. The lowest BCUT2D eigenvalue weighted by Crippen LogP contribution is -2.52. The summed E-state index contributed by atoms with van der Waals surface area (Å²) in [6, 6.07) is 4.47. The second-order valence-electron chi connectivity index (χ2n) is 8.58. The summed E-state index contributed by atoms with van der Waals surface area (Å²) in [4.78, 5) is 49.8. The maximum Gasteiger partial charge on any atom is 0.335 e. The Kier molecular flexibility index (Phi) is 6.64. The quantitative estimate of drug-likeness (QED) is 0.395. The molecule has 1 fully saturated rings. The molecule has 9 nitrogen and oxygen atoms in total. The van der Waals surface area contributed by atoms with Crippen LogP contribution in [0.2, 0.25) is 0 Å². The van der Waals surface area contributed by atoms with Crippen molar-refractivity contribution in [3.05, 3.63) is 29.3 Å². The smallest absolute Gasteiger partial charge is 0.335 e. The Bertz CT molecular complexity index is 890. The van der Waals surface area contributed by atoms with Gasteiger partial charge in [0.25, 0.3) is 5.91 Å². The van der Waals surface area contributed by atoms with Gasteiger partial charge in [-0.2, -0.15) is 0 Å². The van der Waals surface area contributed by atoms with Gasteiger partial charge in [-0.15, -0.1) is 0 Å². The standard InChI is InChI=1S/C22H28N2O7/c1-13(21(28)31-22(2,3)4)29-10-11-30-17-7-5-6-14-15(17)12-24(20(14)27)16-8-9-18(25)23-19(16)26/h5-7,13,16H,8-12H2,1-4H3,(H,23,25,26). The van der Waals surface area contributed by atoms with Gasteiger partial charge < -0.3 is 19.1 Å². The number of ether oxygens (including phenoxy) is 3. The van der Waals surface area contributed by atoms with E-state index in [1.165, 1.54) is 4.90 Å². The average Bonchev–Trinajstić information content (AvgIpc) is 3.01. The number of nitrogens with zero attached hydrogens (tertiary/aromatic N) is 1. The lowest BCUT2D eigenvalue weighted by molar-refractivity contribution is -0.167. The van der Waals surface area contributed by atoms with E-state index in [0.29, 0.717) is 23.3 Å². The Morgan fingerprint density at radius 3 is 2.65 bits per heavy atom. The maximum atomic E-state index is 12.8. The predicted molar refractivity (Wildman–Crippen MR) is 109 cm³/mol. The van der Waals surface area contributed by atoms with Crippen LogP contribution in [0.5, 0.6) is 5.75 Å². The van der Waals surface area contributed by atoms with Gasteiger partial charge in [-0.05, 0) is 46.2 Å². The van der Waals surface area contributed by atoms with Crippen molar-refractivity contribution in [1.29, 1.82) is 0 Å². The van der Waals surface area contributed by atoms with Crippen molar-refractivity contribution in [2.75, 3.05) is 13.2 Å². The highest BCUT2D eigenvalue weighted by Crippen LogP contribution is 2.33. The Balaban J connectivity index is 1.57. The van der Waals surface area contributed by atoms with Gasteiger partial charge in [-0.25, -0.2) is 4.79 Å². The highest BCUT2D eigenvalue weighted by Gasteiger charge is 2.40. The van der Waals surface area contributed by atoms with Gasteiger partial charge in [0.05, 0.1) is 13.2 Å². The zero-order chi connectivity index (χ0) is 22.8. The summed E-state index contributed by atoms with van der Waals surface area (Å²) in [5.74, 6) is -0.961. The van der Waals surface area contributed by atoms with Gasteiger partial charge in [0.1, 0.15) is 24.0 Å². The van der Waals surface area contributed by atoms with Gasteiger partial charge in [0.15, 0.2) is 6.10 Å². The summed E-state index contributed by atoms with van der Waals surface area (Å²) in [5, 5.41) is 2.29. The molecule has 2 aliphatic rings. The van der Waals surface area contributed by atoms with E-state index >= 15 is 0 Å². The van der Waals surface area contributed by atoms with E-state index in [2.05, 4.69) is 5.32 Å². The fraction of sp³-hybridized carbons (Fsp3) is 0.545. The van der Waals surface area contributed by atoms with Gasteiger partial charge in [-0.1, -0.05) is 6.07 Å². The number of fused-ring (bicyclic) bond motifs is 1. The largest absolute Gasteiger partial charge is 0.491 e. The molecule has 2 aliphatic heterocycles. The molecular formula is C22H28N2O7. The van der Waals surface area contributed by atoms with Crippen molar-refractivity contribution >= 4 is 23.7 Å². The normalized spacial score (nSPS) is 19.7. The van der Waals surface area contributed by atoms with E-state index in [0.717, 1.165) is 0 Å². The van der Waals surface area contributed by atoms with Crippen molar-refractivity contribution < 1.29 is 33.4 Å². The minimum Gasteiger partial charge on any atom is -0.491 e. The number of piperidine rings is 1. The summed E-state index contributed by atoms with van der Waals surface area (Å²) >= 11 is 0. The third-order valence-corrected chi connectivity index (χ3v) is 4.99. The SMILES string of the molecule is CC(OCCOc1cccc2c1CN(C1CCC(=O)NC1=O)C2=O)C(=O)OC(C)(C)C. The molecule has 1 N–H and O–H groups in total. The lowest BCUT2D eigenvalue weighted by Gasteiger charge is -2.29. The molecule has 9 heteroatoms. The summed E-state index contributed by atoms with van der Waals surface area (Å²) in [6.07, 6.45) is -0.224. The fourth-order valence-electron chi connectivity index (χ4n) is 3.52. The second kappa shape index (κ2) is 9.05. The molecule has 0 spiro atoms. The summed E-state index contributed by atoms with van der Waals surface area (Å²) in [6.45, 7) is 7.55. The van der Waals surface area contributed by atoms with E-state index in [1.807, 2.05) is 0 Å². The summed E-state index contributed by atoms with van der Waals surface area (Å²) < 4.78 is 16.6. The Hall–Kier alpha value is -2.94. The highest BCUT2D eigenvalue weighted by molar-refractivity contribution is 6.05. The number of rotatable bonds is 7. The maximum absolute atomic E-state index is 12.8. The molecule has 0 aliphatic carbocycles. The van der Waals surface area contributed by atoms with Crippen LogP contribution in [0.25, 0.3) is 0 Å². The predicted octanol–water partition coefficient (Wildman–Crippen LogP) is 1.57. The van der Waals surface area contributed by atoms with Crippen LogP contribution in [0, 0.1) is 0 Å². The minimum atomic E-state index is -0.728. The molecule has 2 heterocycles. The molecule has 0 saturated carbocycles. The van der Waals surface area contributed by atoms with E-state index in [1.54, 1.807) is 45.9 Å². The third kappa shape index (κ3) is 5.41. The first kappa shape index (κ1) is 22.7. The molecule has 3 amide bonds. The topological polar surface area (TPSA) is 111 Å². The van der Waals surface area contributed by atoms with E-state index in [4.69, 9.17) is 14.2 Å². The van der Waals surface area contributed by atoms with Gasteiger partial charge in [0, 0.05) is 17.5 Å². The van der Waals surface area contributed by atoms with Crippen molar-refractivity contribution in [3.8, 4) is 5.75 Å². The highest BCUT2D eigenvalue weighted by atomic mass is 16.6. The van der Waals surface area contributed by atoms with Crippen LogP contribution < -0.4 is 10.1 Å². The number of carbonyl (C=O) groups is 4. The molecule has 1 aromatic rings. The first-order valence-electron chi connectivity index (χ1n) is 10.3. The first-order valence-corrected chi connectivity index (χ1v) is 10.3. The molecule has 2 atom stereocenters. The number of benzene rings is 1. The summed E-state index contributed by atoms with van der Waals surface area (Å²) in [5.41, 5.74) is 0.583. The second-order valence-corrected chi connectivity index (χ2v) is 8.58. The molecule has 1 aromatic carbocycles. The van der Waals surface area contributed by atoms with Crippen LogP contribution in [-0.4, -0.2) is 59.6 Å². The zero-order valence-corrected chi connectivity index (χ0v) is 18.2. The van der Waals surface area contributed by atoms with Crippen LogP contribution in [0.4, 0.5) is 0 Å². The number of imide groups is 1. The molecule has 1 saturated heterocycles. The molecule has 2 unspecified atom stereocenters. The van der Waals surface area contributed by atoms with E-state index in [9.17, 15) is 19.2 Å². The molecule has 168 valence electrons. The van der Waals surface area contributed by atoms with Crippen molar-refractivity contribution in [3.63, 3.8) is 0 Å². The Labute approximate surface area is 181 Å². The number of hydrogen-bond donors (Lipinski definition) is 1. The van der Waals surface area contributed by atoms with Crippen molar-refractivity contribution in [2.24, 2.45) is 0 Å². The Morgan fingerprint density at radius 2 is 1.97 bits per heavy atom. The fourth-order valence-corrected chi connectivity index (χ4v) is 3.52. The van der Waals surface area contributed by atoms with E-state index in [-0.39, 0.29) is 38.0 Å². The number of amides is 3. The first-order chi connectivity index (χ1) is 14.6. The van der Waals surface area contributed by atoms with Gasteiger partial charge >= 0.3 is 5.97 Å².